The number of carboxylic acid groups (broad SMARTS) is 2. The minimum absolute atomic E-state index is 0.0668. The second-order valence-electron chi connectivity index (χ2n) is 2.45. The molecule has 0 aliphatic carbocycles. The van der Waals surface area contributed by atoms with Crippen LogP contribution in [0.15, 0.2) is 16.2 Å². The highest BCUT2D eigenvalue weighted by Crippen LogP contribution is 2.10. The molecule has 2 amide bonds. The number of hydrogen-bond donors (Lipinski definition) is 4. The van der Waals surface area contributed by atoms with Crippen molar-refractivity contribution in [2.75, 3.05) is 0 Å². The van der Waals surface area contributed by atoms with Gasteiger partial charge in [-0.2, -0.15) is 0 Å². The molecular formula is C6H7ClN4O4. The second kappa shape index (κ2) is 4.51. The van der Waals surface area contributed by atoms with Gasteiger partial charge in [0.25, 0.3) is 0 Å². The Morgan fingerprint density at radius 1 is 1.47 bits per heavy atom. The third-order valence-corrected chi connectivity index (χ3v) is 1.62. The Morgan fingerprint density at radius 2 is 2.13 bits per heavy atom. The molecule has 1 aliphatic rings. The van der Waals surface area contributed by atoms with E-state index in [0.29, 0.717) is 0 Å². The van der Waals surface area contributed by atoms with Crippen molar-refractivity contribution in [1.29, 1.82) is 0 Å². The largest absolute Gasteiger partial charge is 0.465 e. The lowest BCUT2D eigenvalue weighted by Crippen LogP contribution is -2.54. The van der Waals surface area contributed by atoms with Crippen molar-refractivity contribution in [1.82, 2.24) is 15.8 Å². The lowest BCUT2D eigenvalue weighted by Gasteiger charge is -2.28. The number of amides is 2. The summed E-state index contributed by atoms with van der Waals surface area (Å²) in [6.07, 6.45) is -1.27. The quantitative estimate of drug-likeness (QED) is 0.509. The summed E-state index contributed by atoms with van der Waals surface area (Å²) in [6, 6.07) is 0. The molecule has 1 heterocycles. The number of rotatable bonds is 2. The lowest BCUT2D eigenvalue weighted by atomic mass is 10.4. The number of nitrogens with one attached hydrogen (secondary N) is 2. The first-order valence-corrected chi connectivity index (χ1v) is 4.05. The molecule has 9 heteroatoms. The maximum absolute atomic E-state index is 10.4. The molecule has 0 spiro atoms. The number of nitrogens with zero attached hydrogens (tertiary/aromatic N) is 2. The molecule has 1 unspecified atom stereocenters. The number of hydrazine groups is 1. The highest BCUT2D eigenvalue weighted by molar-refractivity contribution is 6.29. The summed E-state index contributed by atoms with van der Waals surface area (Å²) in [6.45, 7) is 0. The van der Waals surface area contributed by atoms with E-state index < -0.39 is 18.4 Å². The average Bonchev–Trinajstić information content (AvgIpc) is 2.08. The highest BCUT2D eigenvalue weighted by Gasteiger charge is 2.21. The minimum atomic E-state index is -1.34. The Bertz CT molecular complexity index is 342. The van der Waals surface area contributed by atoms with Crippen molar-refractivity contribution in [2.45, 2.75) is 6.17 Å². The van der Waals surface area contributed by atoms with Gasteiger partial charge in [0.05, 0.1) is 0 Å². The van der Waals surface area contributed by atoms with Gasteiger partial charge >= 0.3 is 12.2 Å². The molecule has 0 aromatic heterocycles. The van der Waals surface area contributed by atoms with E-state index in [2.05, 4.69) is 4.99 Å². The van der Waals surface area contributed by atoms with Gasteiger partial charge in [-0.05, 0) is 6.08 Å². The van der Waals surface area contributed by atoms with Crippen molar-refractivity contribution in [3.05, 3.63) is 11.2 Å². The molecule has 0 bridgehead atoms. The molecule has 0 aromatic rings. The molecule has 0 radical (unpaired) electrons. The number of carbonyl (C=O) groups is 2. The molecule has 1 aliphatic heterocycles. The van der Waals surface area contributed by atoms with Crippen molar-refractivity contribution >= 4 is 30.1 Å². The van der Waals surface area contributed by atoms with Crippen LogP contribution in [0.5, 0.6) is 0 Å². The summed E-state index contributed by atoms with van der Waals surface area (Å²) >= 11 is 5.53. The van der Waals surface area contributed by atoms with Crippen LogP contribution >= 0.6 is 11.6 Å². The topological polar surface area (TPSA) is 114 Å². The molecule has 82 valence electrons. The summed E-state index contributed by atoms with van der Waals surface area (Å²) in [4.78, 5) is 24.3. The van der Waals surface area contributed by atoms with Crippen LogP contribution < -0.4 is 10.7 Å². The molecule has 0 fully saturated rings. The monoisotopic (exact) mass is 234 g/mol. The van der Waals surface area contributed by atoms with Crippen LogP contribution in [0.3, 0.4) is 0 Å². The predicted molar refractivity (Wildman–Crippen MR) is 50.4 cm³/mol. The summed E-state index contributed by atoms with van der Waals surface area (Å²) in [7, 11) is 0. The third-order valence-electron chi connectivity index (χ3n) is 1.40. The van der Waals surface area contributed by atoms with E-state index in [1.807, 2.05) is 10.7 Å². The van der Waals surface area contributed by atoms with Crippen LogP contribution in [0.4, 0.5) is 9.59 Å². The Morgan fingerprint density at radius 3 is 2.67 bits per heavy atom. The highest BCUT2D eigenvalue weighted by atomic mass is 35.5. The second-order valence-corrected chi connectivity index (χ2v) is 2.84. The van der Waals surface area contributed by atoms with Gasteiger partial charge in [-0.3, -0.25) is 5.32 Å². The molecule has 4 N–H and O–H groups in total. The van der Waals surface area contributed by atoms with Crippen LogP contribution in [-0.4, -0.2) is 39.9 Å². The third kappa shape index (κ3) is 3.35. The SMILES string of the molecule is O=C(O)NC1C=C(Cl)N=CN1NC(=O)O. The Hall–Kier alpha value is -1.96. The van der Waals surface area contributed by atoms with Gasteiger partial charge in [-0.1, -0.05) is 11.6 Å². The zero-order valence-corrected chi connectivity index (χ0v) is 7.97. The van der Waals surface area contributed by atoms with Gasteiger partial charge < -0.3 is 10.2 Å². The molecule has 1 rings (SSSR count). The standard InChI is InChI=1S/C6H7ClN4O4/c7-3-1-4(9-5(12)13)11(2-8-3)10-6(14)15/h1-2,4,9-10H,(H,12,13)(H,14,15). The Balaban J connectivity index is 2.72. The zero-order valence-electron chi connectivity index (χ0n) is 7.22. The zero-order chi connectivity index (χ0) is 11.4. The van der Waals surface area contributed by atoms with E-state index in [9.17, 15) is 9.59 Å². The minimum Gasteiger partial charge on any atom is -0.465 e. The smallest absolute Gasteiger partial charge is 0.423 e. The summed E-state index contributed by atoms with van der Waals surface area (Å²) in [5.41, 5.74) is 1.93. The lowest BCUT2D eigenvalue weighted by molar-refractivity contribution is 0.147. The fourth-order valence-electron chi connectivity index (χ4n) is 0.889. The van der Waals surface area contributed by atoms with Crippen LogP contribution in [-0.2, 0) is 0 Å². The molecule has 15 heavy (non-hydrogen) atoms. The normalized spacial score (nSPS) is 19.4. The van der Waals surface area contributed by atoms with Gasteiger partial charge in [-0.15, -0.1) is 0 Å². The number of aliphatic imine (C=N–C) groups is 1. The van der Waals surface area contributed by atoms with E-state index in [1.165, 1.54) is 6.08 Å². The van der Waals surface area contributed by atoms with Gasteiger partial charge in [0.15, 0.2) is 0 Å². The summed E-state index contributed by atoms with van der Waals surface area (Å²) in [5, 5.41) is 20.0. The Labute approximate surface area is 88.8 Å². The fraction of sp³-hybridized carbons (Fsp3) is 0.167. The van der Waals surface area contributed by atoms with Crippen molar-refractivity contribution in [3.8, 4) is 0 Å². The van der Waals surface area contributed by atoms with Crippen LogP contribution in [0.2, 0.25) is 0 Å². The fourth-order valence-corrected chi connectivity index (χ4v) is 1.05. The van der Waals surface area contributed by atoms with E-state index in [4.69, 9.17) is 21.8 Å². The molecule has 1 atom stereocenters. The van der Waals surface area contributed by atoms with E-state index in [0.717, 1.165) is 11.3 Å². The van der Waals surface area contributed by atoms with Gasteiger partial charge in [0.2, 0.25) is 0 Å². The van der Waals surface area contributed by atoms with Crippen LogP contribution in [0, 0.1) is 0 Å². The maximum Gasteiger partial charge on any atom is 0.423 e. The number of hydrogen-bond acceptors (Lipinski definition) is 4. The number of halogens is 1. The van der Waals surface area contributed by atoms with Crippen LogP contribution in [0.1, 0.15) is 0 Å². The molecule has 0 aromatic carbocycles. The van der Waals surface area contributed by atoms with Crippen molar-refractivity contribution in [3.63, 3.8) is 0 Å². The summed E-state index contributed by atoms with van der Waals surface area (Å²) < 4.78 is 0. The van der Waals surface area contributed by atoms with Gasteiger partial charge in [0, 0.05) is 0 Å². The van der Waals surface area contributed by atoms with E-state index >= 15 is 0 Å². The molecule has 0 saturated heterocycles. The van der Waals surface area contributed by atoms with Crippen molar-refractivity contribution in [2.24, 2.45) is 4.99 Å². The predicted octanol–water partition coefficient (Wildman–Crippen LogP) is 0.187. The average molecular weight is 235 g/mol. The first-order valence-electron chi connectivity index (χ1n) is 3.68. The maximum atomic E-state index is 10.4. The Kier molecular flexibility index (Phi) is 3.34. The van der Waals surface area contributed by atoms with Crippen molar-refractivity contribution < 1.29 is 19.8 Å². The van der Waals surface area contributed by atoms with Crippen LogP contribution in [0.25, 0.3) is 0 Å². The van der Waals surface area contributed by atoms with E-state index in [1.54, 1.807) is 0 Å². The molecule has 8 nitrogen and oxygen atoms in total. The first kappa shape index (κ1) is 11.1. The van der Waals surface area contributed by atoms with Gasteiger partial charge in [-0.25, -0.2) is 25.0 Å². The molecule has 0 saturated carbocycles. The van der Waals surface area contributed by atoms with Gasteiger partial charge in [0.1, 0.15) is 17.7 Å². The van der Waals surface area contributed by atoms with E-state index in [-0.39, 0.29) is 5.16 Å². The molecular weight excluding hydrogens is 228 g/mol. The summed E-state index contributed by atoms with van der Waals surface area (Å²) in [5.74, 6) is 0. The first-order chi connectivity index (χ1) is 6.99.